The molecule has 0 atom stereocenters. The number of aryl methyl sites for hydroxylation is 2. The van der Waals surface area contributed by atoms with Gasteiger partial charge in [0, 0.05) is 19.0 Å². The van der Waals surface area contributed by atoms with Crippen LogP contribution in [0.1, 0.15) is 24.0 Å². The van der Waals surface area contributed by atoms with E-state index >= 15 is 0 Å². The van der Waals surface area contributed by atoms with Crippen LogP contribution < -0.4 is 24.7 Å². The molecule has 12 heteroatoms. The number of carbonyl (C=O) groups excluding carboxylic acids is 1. The molecule has 2 aromatic carbocycles. The summed E-state index contributed by atoms with van der Waals surface area (Å²) in [5.74, 6) is -0.475. The molecule has 0 fully saturated rings. The number of hydrogen-bond acceptors (Lipinski definition) is 8. The van der Waals surface area contributed by atoms with Crippen LogP contribution >= 0.6 is 0 Å². The smallest absolute Gasteiger partial charge is 0.409 e. The van der Waals surface area contributed by atoms with Crippen molar-refractivity contribution < 1.29 is 31.7 Å². The minimum Gasteiger partial charge on any atom is -0.493 e. The van der Waals surface area contributed by atoms with Gasteiger partial charge in [-0.1, -0.05) is 18.2 Å². The number of nitrogens with two attached hydrogens (primary N) is 2. The van der Waals surface area contributed by atoms with E-state index < -0.39 is 16.3 Å². The lowest BCUT2D eigenvalue weighted by Gasteiger charge is -2.29. The van der Waals surface area contributed by atoms with Crippen molar-refractivity contribution in [3.05, 3.63) is 53.6 Å². The van der Waals surface area contributed by atoms with Crippen molar-refractivity contribution in [2.75, 3.05) is 30.7 Å². The van der Waals surface area contributed by atoms with Crippen LogP contribution in [0.25, 0.3) is 0 Å². The summed E-state index contributed by atoms with van der Waals surface area (Å²) in [4.78, 5) is 15.7. The standard InChI is InChI=1S/C22H28N4O7S/c1-16-12-18(31-11-5-10-30-15-21(27)32-25-22(23)24)14-19(13-16)33-34(28,29)26-9-4-7-17-6-2-3-8-20(17)26/h2-3,6,8,12-14H,4-5,7,9-11,15H2,1H3,(H4,23,24,25). The number of fused-ring (bicyclic) bond motifs is 1. The Morgan fingerprint density at radius 1 is 1.12 bits per heavy atom. The number of nitrogens with zero attached hydrogens (tertiary/aromatic N) is 2. The van der Waals surface area contributed by atoms with E-state index in [9.17, 15) is 13.2 Å². The van der Waals surface area contributed by atoms with Gasteiger partial charge < -0.3 is 30.0 Å². The molecule has 3 rings (SSSR count). The molecule has 0 bridgehead atoms. The summed E-state index contributed by atoms with van der Waals surface area (Å²) in [6.07, 6.45) is 2.02. The van der Waals surface area contributed by atoms with Crippen molar-refractivity contribution in [3.8, 4) is 11.5 Å². The summed E-state index contributed by atoms with van der Waals surface area (Å²) in [6, 6.07) is 12.3. The molecule has 1 heterocycles. The molecular weight excluding hydrogens is 464 g/mol. The highest BCUT2D eigenvalue weighted by atomic mass is 32.2. The highest BCUT2D eigenvalue weighted by molar-refractivity contribution is 7.88. The van der Waals surface area contributed by atoms with Crippen LogP contribution in [0.5, 0.6) is 11.5 Å². The van der Waals surface area contributed by atoms with Gasteiger partial charge in [0.25, 0.3) is 0 Å². The maximum atomic E-state index is 13.0. The van der Waals surface area contributed by atoms with Crippen molar-refractivity contribution in [3.63, 3.8) is 0 Å². The Balaban J connectivity index is 1.52. The van der Waals surface area contributed by atoms with E-state index in [1.54, 1.807) is 18.2 Å². The first-order chi connectivity index (χ1) is 16.2. The third-order valence-corrected chi connectivity index (χ3v) is 6.06. The number of oxime groups is 1. The van der Waals surface area contributed by atoms with Crippen LogP contribution in [0.2, 0.25) is 0 Å². The molecule has 0 aromatic heterocycles. The second-order valence-corrected chi connectivity index (χ2v) is 9.02. The monoisotopic (exact) mass is 492 g/mol. The van der Waals surface area contributed by atoms with Crippen LogP contribution in [0.3, 0.4) is 0 Å². The van der Waals surface area contributed by atoms with Crippen LogP contribution in [0.4, 0.5) is 5.69 Å². The van der Waals surface area contributed by atoms with Crippen molar-refractivity contribution >= 4 is 27.9 Å². The van der Waals surface area contributed by atoms with Crippen molar-refractivity contribution in [1.29, 1.82) is 0 Å². The molecular formula is C22H28N4O7S. The number of ether oxygens (including phenoxy) is 2. The Morgan fingerprint density at radius 3 is 2.68 bits per heavy atom. The lowest BCUT2D eigenvalue weighted by molar-refractivity contribution is -0.149. The zero-order chi connectivity index (χ0) is 24.6. The SMILES string of the molecule is Cc1cc(OCCCOCC(=O)ON=C(N)N)cc(OS(=O)(=O)N2CCCc3ccccc32)c1. The lowest BCUT2D eigenvalue weighted by Crippen LogP contribution is -2.38. The van der Waals surface area contributed by atoms with E-state index in [0.29, 0.717) is 24.4 Å². The topological polar surface area (TPSA) is 156 Å². The van der Waals surface area contributed by atoms with E-state index in [1.807, 2.05) is 25.1 Å². The van der Waals surface area contributed by atoms with Gasteiger partial charge in [0.1, 0.15) is 18.1 Å². The Bertz CT molecular complexity index is 1130. The molecule has 4 N–H and O–H groups in total. The molecule has 11 nitrogen and oxygen atoms in total. The fourth-order valence-corrected chi connectivity index (χ4v) is 4.58. The van der Waals surface area contributed by atoms with E-state index in [-0.39, 0.29) is 31.5 Å². The van der Waals surface area contributed by atoms with E-state index in [1.165, 1.54) is 10.4 Å². The Hall–Kier alpha value is -3.51. The van der Waals surface area contributed by atoms with Crippen LogP contribution in [-0.4, -0.2) is 46.7 Å². The number of hydrogen-bond donors (Lipinski definition) is 2. The normalized spacial score (nSPS) is 13.0. The molecule has 0 aliphatic carbocycles. The summed E-state index contributed by atoms with van der Waals surface area (Å²) in [6.45, 7) is 2.37. The maximum absolute atomic E-state index is 13.0. The number of carbonyl (C=O) groups is 1. The van der Waals surface area contributed by atoms with Crippen LogP contribution in [-0.2, 0) is 31.1 Å². The van der Waals surface area contributed by atoms with Gasteiger partial charge >= 0.3 is 16.3 Å². The second-order valence-electron chi connectivity index (χ2n) is 7.56. The maximum Gasteiger partial charge on any atom is 0.409 e. The molecule has 0 amide bonds. The highest BCUT2D eigenvalue weighted by Crippen LogP contribution is 2.31. The minimum absolute atomic E-state index is 0.164. The van der Waals surface area contributed by atoms with Gasteiger partial charge in [-0.2, -0.15) is 8.42 Å². The van der Waals surface area contributed by atoms with E-state index in [2.05, 4.69) is 9.99 Å². The first kappa shape index (κ1) is 25.1. The zero-order valence-corrected chi connectivity index (χ0v) is 19.6. The summed E-state index contributed by atoms with van der Waals surface area (Å²) < 4.78 is 43.6. The number of benzene rings is 2. The summed E-state index contributed by atoms with van der Waals surface area (Å²) >= 11 is 0. The molecule has 1 aliphatic rings. The zero-order valence-electron chi connectivity index (χ0n) is 18.8. The van der Waals surface area contributed by atoms with E-state index in [4.69, 9.17) is 25.1 Å². The molecule has 0 saturated heterocycles. The second kappa shape index (κ2) is 11.6. The molecule has 2 aromatic rings. The molecule has 184 valence electrons. The predicted octanol–water partition coefficient (Wildman–Crippen LogP) is 1.59. The fraction of sp³-hybridized carbons (Fsp3) is 0.364. The van der Waals surface area contributed by atoms with Gasteiger partial charge in [-0.3, -0.25) is 0 Å². The summed E-state index contributed by atoms with van der Waals surface area (Å²) in [5.41, 5.74) is 12.5. The minimum atomic E-state index is -4.05. The van der Waals surface area contributed by atoms with Gasteiger partial charge in [-0.05, 0) is 54.2 Å². The quantitative estimate of drug-likeness (QED) is 0.156. The lowest BCUT2D eigenvalue weighted by atomic mass is 10.0. The molecule has 0 unspecified atom stereocenters. The van der Waals surface area contributed by atoms with E-state index in [0.717, 1.165) is 24.0 Å². The predicted molar refractivity (Wildman–Crippen MR) is 126 cm³/mol. The van der Waals surface area contributed by atoms with Crippen molar-refractivity contribution in [2.45, 2.75) is 26.2 Å². The van der Waals surface area contributed by atoms with Gasteiger partial charge in [0.15, 0.2) is 0 Å². The number of guanidine groups is 1. The van der Waals surface area contributed by atoms with Crippen LogP contribution in [0, 0.1) is 6.92 Å². The molecule has 0 radical (unpaired) electrons. The molecule has 1 aliphatic heterocycles. The molecule has 0 spiro atoms. The van der Waals surface area contributed by atoms with Gasteiger partial charge in [-0.15, -0.1) is 0 Å². The van der Waals surface area contributed by atoms with Gasteiger partial charge in [-0.25, -0.2) is 9.10 Å². The third-order valence-electron chi connectivity index (χ3n) is 4.74. The van der Waals surface area contributed by atoms with Gasteiger partial charge in [0.2, 0.25) is 5.96 Å². The Morgan fingerprint density at radius 2 is 1.88 bits per heavy atom. The largest absolute Gasteiger partial charge is 0.493 e. The number of rotatable bonds is 11. The third kappa shape index (κ3) is 7.25. The fourth-order valence-electron chi connectivity index (χ4n) is 3.38. The first-order valence-electron chi connectivity index (χ1n) is 10.7. The number of para-hydroxylation sites is 1. The van der Waals surface area contributed by atoms with Crippen molar-refractivity contribution in [2.24, 2.45) is 16.6 Å². The average molecular weight is 493 g/mol. The summed E-state index contributed by atoms with van der Waals surface area (Å²) in [7, 11) is -4.05. The highest BCUT2D eigenvalue weighted by Gasteiger charge is 2.29. The Labute approximate surface area is 198 Å². The van der Waals surface area contributed by atoms with Gasteiger partial charge in [0.05, 0.1) is 18.9 Å². The number of anilines is 1. The first-order valence-corrected chi connectivity index (χ1v) is 12.0. The Kier molecular flexibility index (Phi) is 8.55. The summed E-state index contributed by atoms with van der Waals surface area (Å²) in [5, 5.41) is 3.12. The molecule has 0 saturated carbocycles. The van der Waals surface area contributed by atoms with Crippen molar-refractivity contribution in [1.82, 2.24) is 0 Å². The molecule has 34 heavy (non-hydrogen) atoms. The van der Waals surface area contributed by atoms with Crippen LogP contribution in [0.15, 0.2) is 47.6 Å². The average Bonchev–Trinajstić information content (AvgIpc) is 2.79.